The predicted molar refractivity (Wildman–Crippen MR) is 81.9 cm³/mol. The van der Waals surface area contributed by atoms with Crippen molar-refractivity contribution in [1.29, 1.82) is 0 Å². The highest BCUT2D eigenvalue weighted by Crippen LogP contribution is 2.36. The van der Waals surface area contributed by atoms with Gasteiger partial charge in [-0.25, -0.2) is 4.98 Å². The number of aromatic nitrogens is 1. The Balaban J connectivity index is 2.23. The van der Waals surface area contributed by atoms with Crippen LogP contribution in [0.2, 0.25) is 0 Å². The fourth-order valence-corrected chi connectivity index (χ4v) is 3.44. The number of thiazole rings is 1. The second kappa shape index (κ2) is 6.23. The summed E-state index contributed by atoms with van der Waals surface area (Å²) in [5.41, 5.74) is 1.10. The minimum atomic E-state index is 0.118. The number of nitrogens with zero attached hydrogens (tertiary/aromatic N) is 2. The minimum absolute atomic E-state index is 0.118. The lowest BCUT2D eigenvalue weighted by molar-refractivity contribution is 0.283. The van der Waals surface area contributed by atoms with Crippen molar-refractivity contribution in [2.45, 2.75) is 65.5 Å². The Kier molecular flexibility index (Phi) is 4.85. The van der Waals surface area contributed by atoms with Crippen LogP contribution < -0.4 is 4.90 Å². The van der Waals surface area contributed by atoms with Crippen molar-refractivity contribution < 1.29 is 5.11 Å². The zero-order chi connectivity index (χ0) is 14.0. The molecule has 1 heterocycles. The quantitative estimate of drug-likeness (QED) is 0.827. The molecule has 1 saturated carbocycles. The zero-order valence-corrected chi connectivity index (χ0v) is 13.3. The van der Waals surface area contributed by atoms with Crippen molar-refractivity contribution in [2.24, 2.45) is 5.92 Å². The van der Waals surface area contributed by atoms with E-state index in [2.05, 4.69) is 32.6 Å². The normalized spacial score (nSPS) is 16.9. The fourth-order valence-electron chi connectivity index (χ4n) is 2.25. The minimum Gasteiger partial charge on any atom is -0.391 e. The SMILES string of the molecule is CCC(C)c1nc(N(CC2CC2)C(C)C)sc1CO. The van der Waals surface area contributed by atoms with Gasteiger partial charge in [0, 0.05) is 12.6 Å². The molecule has 0 aliphatic heterocycles. The number of hydrogen-bond acceptors (Lipinski definition) is 4. The first-order valence-electron chi connectivity index (χ1n) is 7.43. The third-order valence-electron chi connectivity index (χ3n) is 3.96. The van der Waals surface area contributed by atoms with Gasteiger partial charge in [0.05, 0.1) is 17.2 Å². The number of rotatable bonds is 7. The first-order chi connectivity index (χ1) is 9.06. The molecular formula is C15H26N2OS. The van der Waals surface area contributed by atoms with Gasteiger partial charge in [-0.2, -0.15) is 0 Å². The predicted octanol–water partition coefficient (Wildman–Crippen LogP) is 3.77. The summed E-state index contributed by atoms with van der Waals surface area (Å²) in [5, 5.41) is 10.6. The molecule has 3 nitrogen and oxygen atoms in total. The lowest BCUT2D eigenvalue weighted by Gasteiger charge is -2.26. The molecule has 0 bridgehead atoms. The van der Waals surface area contributed by atoms with E-state index in [1.165, 1.54) is 12.8 Å². The Morgan fingerprint density at radius 2 is 2.05 bits per heavy atom. The topological polar surface area (TPSA) is 36.4 Å². The van der Waals surface area contributed by atoms with Crippen LogP contribution in [0.4, 0.5) is 5.13 Å². The Bertz CT molecular complexity index is 412. The van der Waals surface area contributed by atoms with E-state index in [0.29, 0.717) is 12.0 Å². The van der Waals surface area contributed by atoms with Crippen molar-refractivity contribution in [3.8, 4) is 0 Å². The molecule has 1 aromatic heterocycles. The molecule has 2 rings (SSSR count). The van der Waals surface area contributed by atoms with E-state index >= 15 is 0 Å². The molecule has 0 aromatic carbocycles. The van der Waals surface area contributed by atoms with Crippen LogP contribution in [-0.4, -0.2) is 22.7 Å². The first-order valence-corrected chi connectivity index (χ1v) is 8.25. The average Bonchev–Trinajstić information content (AvgIpc) is 3.12. The van der Waals surface area contributed by atoms with Gasteiger partial charge in [0.15, 0.2) is 5.13 Å². The van der Waals surface area contributed by atoms with E-state index in [1.807, 2.05) is 0 Å². The molecule has 0 saturated heterocycles. The molecule has 1 atom stereocenters. The highest BCUT2D eigenvalue weighted by Gasteiger charge is 2.28. The van der Waals surface area contributed by atoms with Crippen LogP contribution >= 0.6 is 11.3 Å². The molecular weight excluding hydrogens is 256 g/mol. The first kappa shape index (κ1) is 14.8. The second-order valence-corrected chi connectivity index (χ2v) is 7.02. The maximum atomic E-state index is 9.54. The number of aliphatic hydroxyl groups is 1. The summed E-state index contributed by atoms with van der Waals surface area (Å²) in [5.74, 6) is 1.29. The van der Waals surface area contributed by atoms with Gasteiger partial charge in [-0.3, -0.25) is 0 Å². The largest absolute Gasteiger partial charge is 0.391 e. The summed E-state index contributed by atoms with van der Waals surface area (Å²) < 4.78 is 0. The van der Waals surface area contributed by atoms with Gasteiger partial charge in [-0.1, -0.05) is 25.2 Å². The van der Waals surface area contributed by atoms with Crippen LogP contribution in [0.1, 0.15) is 63.4 Å². The van der Waals surface area contributed by atoms with Crippen LogP contribution in [0.25, 0.3) is 0 Å². The van der Waals surface area contributed by atoms with Gasteiger partial charge in [-0.15, -0.1) is 0 Å². The third kappa shape index (κ3) is 3.48. The van der Waals surface area contributed by atoms with E-state index in [1.54, 1.807) is 11.3 Å². The second-order valence-electron chi connectivity index (χ2n) is 5.96. The van der Waals surface area contributed by atoms with Gasteiger partial charge >= 0.3 is 0 Å². The standard InChI is InChI=1S/C15H26N2OS/c1-5-11(4)14-13(9-18)19-15(16-14)17(10(2)3)8-12-6-7-12/h10-12,18H,5-9H2,1-4H3. The molecule has 0 radical (unpaired) electrons. The lowest BCUT2D eigenvalue weighted by Crippen LogP contribution is -2.32. The third-order valence-corrected chi connectivity index (χ3v) is 5.05. The van der Waals surface area contributed by atoms with Crippen LogP contribution in [0.3, 0.4) is 0 Å². The zero-order valence-electron chi connectivity index (χ0n) is 12.5. The van der Waals surface area contributed by atoms with Gasteiger partial charge in [0.2, 0.25) is 0 Å². The molecule has 1 aliphatic carbocycles. The van der Waals surface area contributed by atoms with Gasteiger partial charge in [-0.05, 0) is 44.9 Å². The Hall–Kier alpha value is -0.610. The maximum Gasteiger partial charge on any atom is 0.186 e. The molecule has 1 unspecified atom stereocenters. The molecule has 1 fully saturated rings. The van der Waals surface area contributed by atoms with Crippen molar-refractivity contribution in [2.75, 3.05) is 11.4 Å². The van der Waals surface area contributed by atoms with Crippen LogP contribution in [0.15, 0.2) is 0 Å². The molecule has 4 heteroatoms. The molecule has 108 valence electrons. The van der Waals surface area contributed by atoms with Crippen molar-refractivity contribution in [3.05, 3.63) is 10.6 Å². The fraction of sp³-hybridized carbons (Fsp3) is 0.800. The van der Waals surface area contributed by atoms with E-state index in [-0.39, 0.29) is 6.61 Å². The molecule has 0 spiro atoms. The van der Waals surface area contributed by atoms with Gasteiger partial charge in [0.25, 0.3) is 0 Å². The van der Waals surface area contributed by atoms with E-state index in [4.69, 9.17) is 4.98 Å². The van der Waals surface area contributed by atoms with E-state index in [0.717, 1.165) is 34.6 Å². The van der Waals surface area contributed by atoms with Crippen LogP contribution in [-0.2, 0) is 6.61 Å². The Morgan fingerprint density at radius 3 is 2.53 bits per heavy atom. The summed E-state index contributed by atoms with van der Waals surface area (Å²) in [7, 11) is 0. The van der Waals surface area contributed by atoms with Crippen molar-refractivity contribution >= 4 is 16.5 Å². The highest BCUT2D eigenvalue weighted by atomic mass is 32.1. The smallest absolute Gasteiger partial charge is 0.186 e. The van der Waals surface area contributed by atoms with Gasteiger partial charge < -0.3 is 10.0 Å². The molecule has 1 aliphatic rings. The summed E-state index contributed by atoms with van der Waals surface area (Å²) in [6.07, 6.45) is 3.79. The lowest BCUT2D eigenvalue weighted by atomic mass is 10.0. The maximum absolute atomic E-state index is 9.54. The molecule has 1 aromatic rings. The molecule has 1 N–H and O–H groups in total. The van der Waals surface area contributed by atoms with Crippen LogP contribution in [0, 0.1) is 5.92 Å². The van der Waals surface area contributed by atoms with Crippen molar-refractivity contribution in [1.82, 2.24) is 4.98 Å². The van der Waals surface area contributed by atoms with Crippen LogP contribution in [0.5, 0.6) is 0 Å². The summed E-state index contributed by atoms with van der Waals surface area (Å²) in [6.45, 7) is 10.1. The Labute approximate surface area is 120 Å². The highest BCUT2D eigenvalue weighted by molar-refractivity contribution is 7.15. The summed E-state index contributed by atoms with van der Waals surface area (Å²) in [6, 6.07) is 0.475. The number of anilines is 1. The van der Waals surface area contributed by atoms with E-state index < -0.39 is 0 Å². The van der Waals surface area contributed by atoms with Crippen molar-refractivity contribution in [3.63, 3.8) is 0 Å². The Morgan fingerprint density at radius 1 is 1.37 bits per heavy atom. The summed E-state index contributed by atoms with van der Waals surface area (Å²) in [4.78, 5) is 8.30. The number of hydrogen-bond donors (Lipinski definition) is 1. The number of aliphatic hydroxyl groups excluding tert-OH is 1. The molecule has 19 heavy (non-hydrogen) atoms. The monoisotopic (exact) mass is 282 g/mol. The molecule has 0 amide bonds. The average molecular weight is 282 g/mol. The van der Waals surface area contributed by atoms with Gasteiger partial charge in [0.1, 0.15) is 0 Å². The van der Waals surface area contributed by atoms with E-state index in [9.17, 15) is 5.11 Å². The summed E-state index contributed by atoms with van der Waals surface area (Å²) >= 11 is 1.67.